The Kier molecular flexibility index (Phi) is 7.41. The Morgan fingerprint density at radius 1 is 0.958 bits per heavy atom. The molecule has 0 N–H and O–H groups in total. The van der Waals surface area contributed by atoms with Gasteiger partial charge in [0.25, 0.3) is 0 Å². The number of nitriles is 4. The lowest BCUT2D eigenvalue weighted by molar-refractivity contribution is 0.179. The van der Waals surface area contributed by atoms with E-state index in [1.807, 2.05) is 0 Å². The van der Waals surface area contributed by atoms with Gasteiger partial charge >= 0.3 is 0 Å². The Morgan fingerprint density at radius 3 is 2.17 bits per heavy atom. The summed E-state index contributed by atoms with van der Waals surface area (Å²) >= 11 is 0. The molecule has 0 aromatic heterocycles. The standard InChI is InChI=1S/C18H12N4O2/c1-2-23-5-6-24-18-4-3-14(7-15(10-19)11-20)8-17(18)9-16(12-21)13-22/h2-4,7-9H,1,5-6H2. The summed E-state index contributed by atoms with van der Waals surface area (Å²) < 4.78 is 10.5. The van der Waals surface area contributed by atoms with Crippen molar-refractivity contribution in [2.24, 2.45) is 0 Å². The van der Waals surface area contributed by atoms with Crippen LogP contribution in [-0.4, -0.2) is 13.2 Å². The van der Waals surface area contributed by atoms with E-state index >= 15 is 0 Å². The highest BCUT2D eigenvalue weighted by Gasteiger charge is 2.06. The van der Waals surface area contributed by atoms with Crippen molar-refractivity contribution in [1.82, 2.24) is 0 Å². The summed E-state index contributed by atoms with van der Waals surface area (Å²) in [5.41, 5.74) is 0.905. The number of hydrogen-bond donors (Lipinski definition) is 0. The highest BCUT2D eigenvalue weighted by Crippen LogP contribution is 2.24. The predicted molar refractivity (Wildman–Crippen MR) is 86.5 cm³/mol. The zero-order chi connectivity index (χ0) is 17.8. The fraction of sp³-hybridized carbons (Fsp3) is 0.111. The highest BCUT2D eigenvalue weighted by atomic mass is 16.5. The van der Waals surface area contributed by atoms with E-state index in [9.17, 15) is 0 Å². The molecule has 0 heterocycles. The van der Waals surface area contributed by atoms with Crippen LogP contribution in [0.4, 0.5) is 0 Å². The van der Waals surface area contributed by atoms with Crippen molar-refractivity contribution >= 4 is 12.2 Å². The van der Waals surface area contributed by atoms with Crippen molar-refractivity contribution in [2.45, 2.75) is 0 Å². The SMILES string of the molecule is C=COCCOc1ccc(C=C(C#N)C#N)cc1C=C(C#N)C#N. The third kappa shape index (κ3) is 5.41. The van der Waals surface area contributed by atoms with E-state index in [-0.39, 0.29) is 17.8 Å². The van der Waals surface area contributed by atoms with Crippen molar-refractivity contribution < 1.29 is 9.47 Å². The largest absolute Gasteiger partial charge is 0.498 e. The van der Waals surface area contributed by atoms with Crippen LogP contribution in [-0.2, 0) is 4.74 Å². The fourth-order valence-corrected chi connectivity index (χ4v) is 1.69. The predicted octanol–water partition coefficient (Wildman–Crippen LogP) is 3.09. The molecule has 0 aliphatic carbocycles. The van der Waals surface area contributed by atoms with Crippen molar-refractivity contribution in [1.29, 1.82) is 21.0 Å². The van der Waals surface area contributed by atoms with E-state index in [0.717, 1.165) is 0 Å². The van der Waals surface area contributed by atoms with E-state index in [4.69, 9.17) is 30.5 Å². The van der Waals surface area contributed by atoms with Gasteiger partial charge in [-0.3, -0.25) is 0 Å². The van der Waals surface area contributed by atoms with Crippen LogP contribution < -0.4 is 4.74 Å². The Hall–Kier alpha value is -4.00. The van der Waals surface area contributed by atoms with Crippen molar-refractivity contribution in [3.05, 3.63) is 53.3 Å². The van der Waals surface area contributed by atoms with Gasteiger partial charge in [-0.05, 0) is 29.8 Å². The number of rotatable bonds is 7. The van der Waals surface area contributed by atoms with Gasteiger partial charge in [0.05, 0.1) is 6.26 Å². The van der Waals surface area contributed by atoms with Crippen LogP contribution in [0.5, 0.6) is 5.75 Å². The monoisotopic (exact) mass is 316 g/mol. The number of allylic oxidation sites excluding steroid dienone is 2. The third-order valence-electron chi connectivity index (χ3n) is 2.70. The van der Waals surface area contributed by atoms with E-state index < -0.39 is 0 Å². The van der Waals surface area contributed by atoms with Gasteiger partial charge in [-0.1, -0.05) is 12.6 Å². The Balaban J connectivity index is 3.23. The molecule has 1 aromatic rings. The van der Waals surface area contributed by atoms with Crippen LogP contribution in [0.1, 0.15) is 11.1 Å². The molecule has 116 valence electrons. The quantitative estimate of drug-likeness (QED) is 0.434. The van der Waals surface area contributed by atoms with Crippen LogP contribution in [0.15, 0.2) is 42.2 Å². The molecule has 0 unspecified atom stereocenters. The second kappa shape index (κ2) is 9.85. The molecule has 0 saturated heterocycles. The molecular weight excluding hydrogens is 304 g/mol. The van der Waals surface area contributed by atoms with E-state index in [1.165, 1.54) is 18.4 Å². The first-order valence-corrected chi connectivity index (χ1v) is 6.71. The molecule has 0 radical (unpaired) electrons. The summed E-state index contributed by atoms with van der Waals surface area (Å²) in [6, 6.07) is 12.0. The van der Waals surface area contributed by atoms with Gasteiger partial charge in [-0.15, -0.1) is 0 Å². The molecule has 0 amide bonds. The summed E-state index contributed by atoms with van der Waals surface area (Å²) in [5, 5.41) is 35.4. The molecule has 0 fully saturated rings. The topological polar surface area (TPSA) is 114 Å². The summed E-state index contributed by atoms with van der Waals surface area (Å²) in [7, 11) is 0. The van der Waals surface area contributed by atoms with Crippen LogP contribution in [0, 0.1) is 45.3 Å². The fourth-order valence-electron chi connectivity index (χ4n) is 1.69. The molecule has 24 heavy (non-hydrogen) atoms. The molecule has 6 nitrogen and oxygen atoms in total. The van der Waals surface area contributed by atoms with Gasteiger partial charge < -0.3 is 9.47 Å². The van der Waals surface area contributed by atoms with E-state index in [2.05, 4.69) is 6.58 Å². The van der Waals surface area contributed by atoms with Gasteiger partial charge in [-0.25, -0.2) is 0 Å². The van der Waals surface area contributed by atoms with Crippen molar-refractivity contribution in [3.8, 4) is 30.0 Å². The van der Waals surface area contributed by atoms with Gasteiger partial charge in [0.2, 0.25) is 0 Å². The maximum Gasteiger partial charge on any atom is 0.130 e. The lowest BCUT2D eigenvalue weighted by Gasteiger charge is -2.10. The van der Waals surface area contributed by atoms with Gasteiger partial charge in [-0.2, -0.15) is 21.0 Å². The Bertz CT molecular complexity index is 808. The summed E-state index contributed by atoms with van der Waals surface area (Å²) in [6.45, 7) is 3.97. The molecule has 0 bridgehead atoms. The minimum absolute atomic E-state index is 0.0567. The molecule has 1 aromatic carbocycles. The average molecular weight is 316 g/mol. The Labute approximate surface area is 140 Å². The highest BCUT2D eigenvalue weighted by molar-refractivity contribution is 5.71. The first kappa shape index (κ1) is 18.1. The zero-order valence-corrected chi connectivity index (χ0v) is 12.7. The minimum Gasteiger partial charge on any atom is -0.498 e. The smallest absolute Gasteiger partial charge is 0.130 e. The molecule has 0 spiro atoms. The first-order valence-electron chi connectivity index (χ1n) is 6.71. The molecule has 1 rings (SSSR count). The maximum absolute atomic E-state index is 8.90. The summed E-state index contributed by atoms with van der Waals surface area (Å²) in [4.78, 5) is 0. The van der Waals surface area contributed by atoms with Crippen molar-refractivity contribution in [3.63, 3.8) is 0 Å². The number of ether oxygens (including phenoxy) is 2. The van der Waals surface area contributed by atoms with E-state index in [1.54, 1.807) is 42.5 Å². The lowest BCUT2D eigenvalue weighted by Crippen LogP contribution is -2.05. The minimum atomic E-state index is -0.0934. The number of benzene rings is 1. The van der Waals surface area contributed by atoms with Crippen LogP contribution in [0.25, 0.3) is 12.2 Å². The molecule has 0 atom stereocenters. The second-order valence-electron chi connectivity index (χ2n) is 4.25. The van der Waals surface area contributed by atoms with Crippen LogP contribution in [0.3, 0.4) is 0 Å². The third-order valence-corrected chi connectivity index (χ3v) is 2.70. The normalized spacial score (nSPS) is 8.33. The van der Waals surface area contributed by atoms with Gasteiger partial charge in [0, 0.05) is 5.56 Å². The average Bonchev–Trinajstić information content (AvgIpc) is 2.62. The second-order valence-corrected chi connectivity index (χ2v) is 4.25. The van der Waals surface area contributed by atoms with Gasteiger partial charge in [0.1, 0.15) is 54.4 Å². The number of nitrogens with zero attached hydrogens (tertiary/aromatic N) is 4. The molecule has 0 aliphatic heterocycles. The summed E-state index contributed by atoms with van der Waals surface area (Å²) in [5.74, 6) is 0.443. The molecular formula is C18H12N4O2. The Morgan fingerprint density at radius 2 is 1.58 bits per heavy atom. The molecule has 0 saturated carbocycles. The van der Waals surface area contributed by atoms with Crippen molar-refractivity contribution in [2.75, 3.05) is 13.2 Å². The molecule has 6 heteroatoms. The maximum atomic E-state index is 8.90. The zero-order valence-electron chi connectivity index (χ0n) is 12.7. The van der Waals surface area contributed by atoms with Crippen LogP contribution in [0.2, 0.25) is 0 Å². The number of hydrogen-bond acceptors (Lipinski definition) is 6. The first-order chi connectivity index (χ1) is 11.7. The lowest BCUT2D eigenvalue weighted by atomic mass is 10.1. The van der Waals surface area contributed by atoms with Crippen LogP contribution >= 0.6 is 0 Å². The molecule has 0 aliphatic rings. The van der Waals surface area contributed by atoms with Gasteiger partial charge in [0.15, 0.2) is 0 Å². The van der Waals surface area contributed by atoms with E-state index in [0.29, 0.717) is 23.5 Å². The summed E-state index contributed by atoms with van der Waals surface area (Å²) in [6.07, 6.45) is 4.08.